The predicted molar refractivity (Wildman–Crippen MR) is 79.9 cm³/mol. The largest absolute Gasteiger partial charge is 0.385 e. The van der Waals surface area contributed by atoms with Gasteiger partial charge in [0.1, 0.15) is 18.5 Å². The summed E-state index contributed by atoms with van der Waals surface area (Å²) in [7, 11) is 0. The van der Waals surface area contributed by atoms with Gasteiger partial charge in [-0.25, -0.2) is 4.39 Å². The van der Waals surface area contributed by atoms with Crippen molar-refractivity contribution in [2.24, 2.45) is 0 Å². The summed E-state index contributed by atoms with van der Waals surface area (Å²) in [6, 6.07) is 6.47. The Bertz CT molecular complexity index is 490. The van der Waals surface area contributed by atoms with E-state index in [9.17, 15) is 14.3 Å². The molecule has 1 saturated heterocycles. The number of hydrogen-bond acceptors (Lipinski definition) is 3. The number of quaternary nitrogens is 1. The average molecular weight is 311 g/mol. The van der Waals surface area contributed by atoms with Crippen LogP contribution in [-0.4, -0.2) is 61.3 Å². The van der Waals surface area contributed by atoms with Gasteiger partial charge in [0.15, 0.2) is 0 Å². The maximum Gasteiger partial charge on any atom is 0.219 e. The molecule has 1 aromatic rings. The molecule has 6 heteroatoms. The standard InChI is InChI=1S/C16H23FN2O3/c1-13(20)19-8-6-18(7-9-19)10-15(21)12-22-11-14-4-2-3-5-16(14)17/h2-5,15,21H,6-12H2,1H3/p+1/t15-/m0/s1. The minimum absolute atomic E-state index is 0.104. The van der Waals surface area contributed by atoms with E-state index >= 15 is 0 Å². The Kier molecular flexibility index (Phi) is 6.30. The Morgan fingerprint density at radius 2 is 2.09 bits per heavy atom. The molecule has 1 aliphatic heterocycles. The molecule has 122 valence electrons. The summed E-state index contributed by atoms with van der Waals surface area (Å²) in [6.45, 7) is 5.65. The number of rotatable bonds is 6. The Morgan fingerprint density at radius 3 is 2.73 bits per heavy atom. The molecule has 1 amide bonds. The zero-order valence-corrected chi connectivity index (χ0v) is 12.9. The van der Waals surface area contributed by atoms with Gasteiger partial charge in [-0.15, -0.1) is 0 Å². The summed E-state index contributed by atoms with van der Waals surface area (Å²) in [5.74, 6) is -0.184. The number of carbonyl (C=O) groups excluding carboxylic acids is 1. The van der Waals surface area contributed by atoms with Crippen LogP contribution in [0.15, 0.2) is 24.3 Å². The molecule has 1 heterocycles. The van der Waals surface area contributed by atoms with Crippen molar-refractivity contribution >= 4 is 5.91 Å². The second kappa shape index (κ2) is 8.22. The molecular formula is C16H24FN2O3+. The molecule has 22 heavy (non-hydrogen) atoms. The summed E-state index contributed by atoms with van der Waals surface area (Å²) < 4.78 is 18.8. The molecular weight excluding hydrogens is 287 g/mol. The van der Waals surface area contributed by atoms with Gasteiger partial charge in [0.2, 0.25) is 5.91 Å². The van der Waals surface area contributed by atoms with Crippen LogP contribution < -0.4 is 4.90 Å². The molecule has 2 rings (SSSR count). The second-order valence-corrected chi connectivity index (χ2v) is 5.72. The van der Waals surface area contributed by atoms with Gasteiger partial charge < -0.3 is 19.6 Å². The minimum Gasteiger partial charge on any atom is -0.385 e. The van der Waals surface area contributed by atoms with Gasteiger partial charge in [-0.2, -0.15) is 0 Å². The number of halogens is 1. The fraction of sp³-hybridized carbons (Fsp3) is 0.562. The van der Waals surface area contributed by atoms with Gasteiger partial charge in [0.05, 0.1) is 39.4 Å². The van der Waals surface area contributed by atoms with Gasteiger partial charge in [0.25, 0.3) is 0 Å². The molecule has 1 aliphatic rings. The number of hydrogen-bond donors (Lipinski definition) is 2. The first-order valence-corrected chi connectivity index (χ1v) is 7.64. The van der Waals surface area contributed by atoms with Crippen molar-refractivity contribution in [3.8, 4) is 0 Å². The van der Waals surface area contributed by atoms with Crippen molar-refractivity contribution in [2.75, 3.05) is 39.3 Å². The van der Waals surface area contributed by atoms with E-state index in [4.69, 9.17) is 4.74 Å². The van der Waals surface area contributed by atoms with Gasteiger partial charge in [-0.3, -0.25) is 4.79 Å². The van der Waals surface area contributed by atoms with E-state index in [1.165, 1.54) is 11.0 Å². The van der Waals surface area contributed by atoms with E-state index in [0.717, 1.165) is 26.2 Å². The average Bonchev–Trinajstić information content (AvgIpc) is 2.50. The summed E-state index contributed by atoms with van der Waals surface area (Å²) in [6.07, 6.45) is -0.578. The normalized spacial score (nSPS) is 17.5. The lowest BCUT2D eigenvalue weighted by Gasteiger charge is -2.32. The van der Waals surface area contributed by atoms with Gasteiger partial charge in [-0.05, 0) is 6.07 Å². The quantitative estimate of drug-likeness (QED) is 0.741. The minimum atomic E-state index is -0.578. The van der Waals surface area contributed by atoms with Crippen molar-refractivity contribution in [3.63, 3.8) is 0 Å². The summed E-state index contributed by atoms with van der Waals surface area (Å²) in [4.78, 5) is 14.3. The lowest BCUT2D eigenvalue weighted by atomic mass is 10.2. The highest BCUT2D eigenvalue weighted by Gasteiger charge is 2.23. The lowest BCUT2D eigenvalue weighted by Crippen LogP contribution is -3.15. The molecule has 1 aromatic carbocycles. The number of benzene rings is 1. The highest BCUT2D eigenvalue weighted by molar-refractivity contribution is 5.73. The summed E-state index contributed by atoms with van der Waals surface area (Å²) in [5, 5.41) is 10.0. The number of carbonyl (C=O) groups is 1. The van der Waals surface area contributed by atoms with Crippen LogP contribution in [-0.2, 0) is 16.1 Å². The molecule has 0 unspecified atom stereocenters. The number of nitrogens with one attached hydrogen (secondary N) is 1. The van der Waals surface area contributed by atoms with Crippen molar-refractivity contribution in [2.45, 2.75) is 19.6 Å². The van der Waals surface area contributed by atoms with Crippen LogP contribution in [0, 0.1) is 5.82 Å². The summed E-state index contributed by atoms with van der Waals surface area (Å²) >= 11 is 0. The molecule has 0 saturated carbocycles. The molecule has 0 bridgehead atoms. The topological polar surface area (TPSA) is 54.2 Å². The van der Waals surface area contributed by atoms with E-state index < -0.39 is 6.10 Å². The smallest absolute Gasteiger partial charge is 0.219 e. The van der Waals surface area contributed by atoms with Gasteiger partial charge in [0, 0.05) is 12.5 Å². The number of amides is 1. The van der Waals surface area contributed by atoms with Crippen molar-refractivity contribution in [1.82, 2.24) is 4.90 Å². The Morgan fingerprint density at radius 1 is 1.41 bits per heavy atom. The monoisotopic (exact) mass is 311 g/mol. The number of piperazine rings is 1. The zero-order valence-electron chi connectivity index (χ0n) is 12.9. The molecule has 0 aromatic heterocycles. The molecule has 1 fully saturated rings. The maximum atomic E-state index is 13.4. The van der Waals surface area contributed by atoms with E-state index in [2.05, 4.69) is 0 Å². The van der Waals surface area contributed by atoms with E-state index in [-0.39, 0.29) is 24.9 Å². The molecule has 0 radical (unpaired) electrons. The van der Waals surface area contributed by atoms with Crippen LogP contribution in [0.4, 0.5) is 4.39 Å². The zero-order chi connectivity index (χ0) is 15.9. The third-order valence-electron chi connectivity index (χ3n) is 3.97. The van der Waals surface area contributed by atoms with Gasteiger partial charge >= 0.3 is 0 Å². The van der Waals surface area contributed by atoms with Crippen molar-refractivity contribution in [1.29, 1.82) is 0 Å². The lowest BCUT2D eigenvalue weighted by molar-refractivity contribution is -0.907. The van der Waals surface area contributed by atoms with Crippen LogP contribution in [0.1, 0.15) is 12.5 Å². The fourth-order valence-electron chi connectivity index (χ4n) is 2.65. The van der Waals surface area contributed by atoms with E-state index in [1.54, 1.807) is 25.1 Å². The number of ether oxygens (including phenoxy) is 1. The fourth-order valence-corrected chi connectivity index (χ4v) is 2.65. The molecule has 5 nitrogen and oxygen atoms in total. The van der Waals surface area contributed by atoms with E-state index in [0.29, 0.717) is 12.1 Å². The van der Waals surface area contributed by atoms with Crippen molar-refractivity contribution < 1.29 is 23.9 Å². The highest BCUT2D eigenvalue weighted by atomic mass is 19.1. The Labute approximate surface area is 130 Å². The molecule has 0 spiro atoms. The number of aliphatic hydroxyl groups excluding tert-OH is 1. The second-order valence-electron chi connectivity index (χ2n) is 5.72. The third-order valence-corrected chi connectivity index (χ3v) is 3.97. The van der Waals surface area contributed by atoms with Gasteiger partial charge in [-0.1, -0.05) is 18.2 Å². The highest BCUT2D eigenvalue weighted by Crippen LogP contribution is 2.07. The van der Waals surface area contributed by atoms with Crippen LogP contribution in [0.3, 0.4) is 0 Å². The first-order valence-electron chi connectivity index (χ1n) is 7.64. The predicted octanol–water partition coefficient (Wildman–Crippen LogP) is -0.550. The van der Waals surface area contributed by atoms with E-state index in [1.807, 2.05) is 4.90 Å². The van der Waals surface area contributed by atoms with Crippen molar-refractivity contribution in [3.05, 3.63) is 35.6 Å². The first-order chi connectivity index (χ1) is 10.6. The maximum absolute atomic E-state index is 13.4. The molecule has 0 aliphatic carbocycles. The number of nitrogens with zero attached hydrogens (tertiary/aromatic N) is 1. The number of aliphatic hydroxyl groups is 1. The Hall–Kier alpha value is -1.50. The van der Waals surface area contributed by atoms with Crippen LogP contribution in [0.5, 0.6) is 0 Å². The third kappa shape index (κ3) is 5.05. The first kappa shape index (κ1) is 16.9. The molecule has 1 atom stereocenters. The van der Waals surface area contributed by atoms with Crippen LogP contribution >= 0.6 is 0 Å². The Balaban J connectivity index is 1.65. The summed E-state index contributed by atoms with van der Waals surface area (Å²) in [5.41, 5.74) is 0.497. The SMILES string of the molecule is CC(=O)N1CC[NH+](C[C@H](O)COCc2ccccc2F)CC1. The van der Waals surface area contributed by atoms with Crippen LogP contribution in [0.25, 0.3) is 0 Å². The molecule has 2 N–H and O–H groups in total. The van der Waals surface area contributed by atoms with Crippen LogP contribution in [0.2, 0.25) is 0 Å².